The van der Waals surface area contributed by atoms with Gasteiger partial charge in [0.15, 0.2) is 0 Å². The van der Waals surface area contributed by atoms with E-state index in [0.717, 1.165) is 11.4 Å². The molecule has 39 heavy (non-hydrogen) atoms. The summed E-state index contributed by atoms with van der Waals surface area (Å²) < 4.78 is 14.9. The first-order valence-corrected chi connectivity index (χ1v) is 13.3. The van der Waals surface area contributed by atoms with Gasteiger partial charge in [0.25, 0.3) is 0 Å². The van der Waals surface area contributed by atoms with E-state index >= 15 is 0 Å². The van der Waals surface area contributed by atoms with Crippen LogP contribution in [0.2, 0.25) is 0 Å². The van der Waals surface area contributed by atoms with E-state index in [1.807, 2.05) is 6.07 Å². The Morgan fingerprint density at radius 1 is 0.564 bits per heavy atom. The number of aromatic nitrogens is 2. The van der Waals surface area contributed by atoms with E-state index in [0.29, 0.717) is 11.3 Å². The van der Waals surface area contributed by atoms with Crippen LogP contribution in [-0.2, 0) is 0 Å². The Morgan fingerprint density at radius 2 is 1.13 bits per heavy atom. The lowest BCUT2D eigenvalue weighted by Crippen LogP contribution is -2.15. The van der Waals surface area contributed by atoms with Crippen molar-refractivity contribution in [1.82, 2.24) is 9.97 Å². The second kappa shape index (κ2) is 8.57. The zero-order valence-corrected chi connectivity index (χ0v) is 21.1. The van der Waals surface area contributed by atoms with Crippen LogP contribution in [0.1, 0.15) is 45.5 Å². The molecule has 3 heteroatoms. The number of nitrogens with zero attached hydrogens (tertiary/aromatic N) is 2. The minimum atomic E-state index is -0.298. The standard InChI is InChI=1S/C36H23FN2/c37-31-16-2-1-13-30(31)32-21-38-35(28-19-17-24-9-3-7-22-11-5-14-26(28)33(22)24)36(39-32)29-20-18-25-10-4-8-23-12-6-15-27(29)34(23)25/h1-21,28-29H. The maximum absolute atomic E-state index is 14.9. The average Bonchev–Trinajstić information content (AvgIpc) is 2.98. The van der Waals surface area contributed by atoms with E-state index in [1.54, 1.807) is 18.3 Å². The number of allylic oxidation sites excluding steroid dienone is 2. The molecular formula is C36H23FN2. The second-order valence-corrected chi connectivity index (χ2v) is 10.3. The molecule has 0 radical (unpaired) electrons. The van der Waals surface area contributed by atoms with Crippen LogP contribution in [0.25, 0.3) is 45.0 Å². The molecule has 0 saturated heterocycles. The highest BCUT2D eigenvalue weighted by atomic mass is 19.1. The van der Waals surface area contributed by atoms with Gasteiger partial charge in [0.2, 0.25) is 0 Å². The summed E-state index contributed by atoms with van der Waals surface area (Å²) in [5, 5.41) is 4.91. The largest absolute Gasteiger partial charge is 0.256 e. The molecule has 5 aromatic carbocycles. The lowest BCUT2D eigenvalue weighted by Gasteiger charge is -2.27. The molecular weight excluding hydrogens is 479 g/mol. The minimum absolute atomic E-state index is 0.0643. The fourth-order valence-corrected chi connectivity index (χ4v) is 6.36. The van der Waals surface area contributed by atoms with Crippen molar-refractivity contribution >= 4 is 33.7 Å². The molecule has 1 aromatic heterocycles. The van der Waals surface area contributed by atoms with Crippen molar-refractivity contribution in [3.8, 4) is 11.3 Å². The maximum Gasteiger partial charge on any atom is 0.132 e. The predicted molar refractivity (Wildman–Crippen MR) is 157 cm³/mol. The molecule has 6 aromatic rings. The lowest BCUT2D eigenvalue weighted by molar-refractivity contribution is 0.630. The number of rotatable bonds is 3. The van der Waals surface area contributed by atoms with Crippen LogP contribution in [0.3, 0.4) is 0 Å². The van der Waals surface area contributed by atoms with E-state index in [2.05, 4.69) is 97.1 Å². The number of benzene rings is 5. The second-order valence-electron chi connectivity index (χ2n) is 10.3. The van der Waals surface area contributed by atoms with Crippen LogP contribution in [-0.4, -0.2) is 9.97 Å². The summed E-state index contributed by atoms with van der Waals surface area (Å²) in [6.45, 7) is 0. The first-order valence-electron chi connectivity index (χ1n) is 13.3. The zero-order chi connectivity index (χ0) is 25.9. The SMILES string of the molecule is Fc1ccccc1-c1cnc(C2C=Cc3cccc4cccc2c34)c(C2C=Cc3cccc4cccc2c34)n1. The molecule has 2 atom stereocenters. The molecule has 0 saturated carbocycles. The molecule has 2 aliphatic carbocycles. The van der Waals surface area contributed by atoms with Crippen molar-refractivity contribution in [2.75, 3.05) is 0 Å². The lowest BCUT2D eigenvalue weighted by atomic mass is 9.79. The summed E-state index contributed by atoms with van der Waals surface area (Å²) in [6.07, 6.45) is 10.6. The molecule has 0 aliphatic heterocycles. The Morgan fingerprint density at radius 3 is 1.74 bits per heavy atom. The zero-order valence-electron chi connectivity index (χ0n) is 21.1. The Labute approximate surface area is 225 Å². The third-order valence-electron chi connectivity index (χ3n) is 8.11. The van der Waals surface area contributed by atoms with Crippen molar-refractivity contribution in [1.29, 1.82) is 0 Å². The summed E-state index contributed by atoms with van der Waals surface area (Å²) in [7, 11) is 0. The van der Waals surface area contributed by atoms with Crippen molar-refractivity contribution in [2.45, 2.75) is 11.8 Å². The quantitative estimate of drug-likeness (QED) is 0.241. The van der Waals surface area contributed by atoms with Crippen LogP contribution < -0.4 is 0 Å². The van der Waals surface area contributed by atoms with E-state index < -0.39 is 0 Å². The molecule has 0 spiro atoms. The maximum atomic E-state index is 14.9. The van der Waals surface area contributed by atoms with Crippen LogP contribution in [0.5, 0.6) is 0 Å². The highest BCUT2D eigenvalue weighted by Gasteiger charge is 2.29. The fourth-order valence-electron chi connectivity index (χ4n) is 6.36. The van der Waals surface area contributed by atoms with Crippen LogP contribution in [0.4, 0.5) is 4.39 Å². The van der Waals surface area contributed by atoms with Crippen molar-refractivity contribution in [3.05, 3.63) is 155 Å². The third kappa shape index (κ3) is 3.40. The molecule has 8 rings (SSSR count). The minimum Gasteiger partial charge on any atom is -0.256 e. The smallest absolute Gasteiger partial charge is 0.132 e. The topological polar surface area (TPSA) is 25.8 Å². The molecule has 0 N–H and O–H groups in total. The van der Waals surface area contributed by atoms with E-state index in [4.69, 9.17) is 9.97 Å². The first-order chi connectivity index (χ1) is 19.3. The van der Waals surface area contributed by atoms with Crippen molar-refractivity contribution in [2.24, 2.45) is 0 Å². The predicted octanol–water partition coefficient (Wildman–Crippen LogP) is 8.91. The van der Waals surface area contributed by atoms with Gasteiger partial charge in [0.1, 0.15) is 5.82 Å². The molecule has 2 nitrogen and oxygen atoms in total. The molecule has 2 aliphatic rings. The van der Waals surface area contributed by atoms with Crippen LogP contribution in [0.15, 0.2) is 115 Å². The number of hydrogen-bond acceptors (Lipinski definition) is 2. The van der Waals surface area contributed by atoms with Gasteiger partial charge in [-0.05, 0) is 55.9 Å². The molecule has 184 valence electrons. The van der Waals surface area contributed by atoms with Gasteiger partial charge >= 0.3 is 0 Å². The number of hydrogen-bond donors (Lipinski definition) is 0. The van der Waals surface area contributed by atoms with Gasteiger partial charge in [0.05, 0.1) is 23.3 Å². The first kappa shape index (κ1) is 22.1. The summed E-state index contributed by atoms with van der Waals surface area (Å²) in [6, 6.07) is 32.6. The molecule has 1 heterocycles. The van der Waals surface area contributed by atoms with Gasteiger partial charge in [-0.2, -0.15) is 0 Å². The van der Waals surface area contributed by atoms with E-state index in [-0.39, 0.29) is 17.7 Å². The molecule has 0 bridgehead atoms. The van der Waals surface area contributed by atoms with Crippen molar-refractivity contribution in [3.63, 3.8) is 0 Å². The van der Waals surface area contributed by atoms with Crippen LogP contribution in [0, 0.1) is 5.82 Å². The summed E-state index contributed by atoms with van der Waals surface area (Å²) in [5.41, 5.74) is 7.61. The number of halogens is 1. The van der Waals surface area contributed by atoms with Gasteiger partial charge in [-0.15, -0.1) is 0 Å². The normalized spacial score (nSPS) is 17.2. The van der Waals surface area contributed by atoms with Crippen LogP contribution >= 0.6 is 0 Å². The molecule has 2 unspecified atom stereocenters. The summed E-state index contributed by atoms with van der Waals surface area (Å²) >= 11 is 0. The monoisotopic (exact) mass is 502 g/mol. The third-order valence-corrected chi connectivity index (χ3v) is 8.11. The Bertz CT molecular complexity index is 1990. The highest BCUT2D eigenvalue weighted by Crippen LogP contribution is 2.44. The van der Waals surface area contributed by atoms with Gasteiger partial charge in [-0.25, -0.2) is 9.37 Å². The fraction of sp³-hybridized carbons (Fsp3) is 0.0556. The summed E-state index contributed by atoms with van der Waals surface area (Å²) in [5.74, 6) is -0.471. The van der Waals surface area contributed by atoms with Gasteiger partial charge < -0.3 is 0 Å². The van der Waals surface area contributed by atoms with Gasteiger partial charge in [-0.3, -0.25) is 4.98 Å². The molecule has 0 amide bonds. The highest BCUT2D eigenvalue weighted by molar-refractivity contribution is 5.97. The van der Waals surface area contributed by atoms with E-state index in [1.165, 1.54) is 49.9 Å². The Balaban J connectivity index is 1.39. The average molecular weight is 503 g/mol. The van der Waals surface area contributed by atoms with E-state index in [9.17, 15) is 4.39 Å². The Hall–Kier alpha value is -4.89. The summed E-state index contributed by atoms with van der Waals surface area (Å²) in [4.78, 5) is 10.3. The molecule has 0 fully saturated rings. The van der Waals surface area contributed by atoms with Crippen molar-refractivity contribution < 1.29 is 4.39 Å². The van der Waals surface area contributed by atoms with Gasteiger partial charge in [-0.1, -0.05) is 109 Å². The van der Waals surface area contributed by atoms with Gasteiger partial charge in [0, 0.05) is 17.4 Å². The Kier molecular flexibility index (Phi) is 4.86.